The van der Waals surface area contributed by atoms with Gasteiger partial charge in [-0.15, -0.1) is 11.8 Å². The average molecular weight is 427 g/mol. The largest absolute Gasteiger partial charge is 0.450 e. The van der Waals surface area contributed by atoms with Gasteiger partial charge in [-0.2, -0.15) is 0 Å². The average Bonchev–Trinajstić information content (AvgIpc) is 2.74. The second-order valence-electron chi connectivity index (χ2n) is 6.98. The number of aromatic nitrogens is 1. The van der Waals surface area contributed by atoms with Crippen LogP contribution >= 0.6 is 11.8 Å². The molecule has 0 saturated heterocycles. The summed E-state index contributed by atoms with van der Waals surface area (Å²) in [5, 5.41) is 4.39. The van der Waals surface area contributed by atoms with Gasteiger partial charge in [-0.1, -0.05) is 18.2 Å². The third kappa shape index (κ3) is 3.59. The number of allylic oxidation sites excluding steroid dienone is 1. The summed E-state index contributed by atoms with van der Waals surface area (Å²) in [5.41, 5.74) is 0.997. The van der Waals surface area contributed by atoms with E-state index in [0.29, 0.717) is 22.0 Å². The van der Waals surface area contributed by atoms with Crippen molar-refractivity contribution in [3.05, 3.63) is 88.2 Å². The van der Waals surface area contributed by atoms with Crippen LogP contribution in [0.1, 0.15) is 12.5 Å². The van der Waals surface area contributed by atoms with E-state index in [1.807, 2.05) is 25.3 Å². The lowest BCUT2D eigenvalue weighted by atomic mass is 10.0. The Labute approximate surface area is 176 Å². The SMILES string of the molecule is CSC1(C)N=C(c2cn(C)c(=O)c3ccccc23)C(Oc2ccc(F)cc2F)=CN1. The number of thioether (sulfide) groups is 1. The highest BCUT2D eigenvalue weighted by Crippen LogP contribution is 2.31. The maximum atomic E-state index is 14.2. The summed E-state index contributed by atoms with van der Waals surface area (Å²) in [4.78, 5) is 16.7. The van der Waals surface area contributed by atoms with Gasteiger partial charge in [0.1, 0.15) is 11.5 Å². The third-order valence-electron chi connectivity index (χ3n) is 4.89. The molecule has 1 N–H and O–H groups in total. The minimum Gasteiger partial charge on any atom is -0.450 e. The van der Waals surface area contributed by atoms with Crippen LogP contribution in [0.5, 0.6) is 5.75 Å². The van der Waals surface area contributed by atoms with Crippen LogP contribution in [0.15, 0.2) is 70.4 Å². The second kappa shape index (κ2) is 7.60. The lowest BCUT2D eigenvalue weighted by molar-refractivity contribution is 0.404. The Morgan fingerprint density at radius 1 is 1.17 bits per heavy atom. The molecule has 1 aromatic heterocycles. The fourth-order valence-corrected chi connectivity index (χ4v) is 3.58. The van der Waals surface area contributed by atoms with E-state index >= 15 is 0 Å². The van der Waals surface area contributed by atoms with Gasteiger partial charge >= 0.3 is 0 Å². The molecule has 30 heavy (non-hydrogen) atoms. The quantitative estimate of drug-likeness (QED) is 0.679. The van der Waals surface area contributed by atoms with E-state index in [1.54, 1.807) is 31.6 Å². The Bertz CT molecular complexity index is 1270. The molecule has 0 radical (unpaired) electrons. The van der Waals surface area contributed by atoms with E-state index < -0.39 is 16.6 Å². The lowest BCUT2D eigenvalue weighted by Gasteiger charge is -2.30. The standard InChI is InChI=1S/C22H19F2N3O2S/c1-22(30-3)25-11-19(29-18-9-8-13(23)10-17(18)24)20(26-22)16-12-27(2)21(28)15-7-5-4-6-14(15)16/h4-12,25H,1-3H3. The summed E-state index contributed by atoms with van der Waals surface area (Å²) < 4.78 is 34.8. The highest BCUT2D eigenvalue weighted by molar-refractivity contribution is 7.99. The number of pyridine rings is 1. The molecule has 0 spiro atoms. The van der Waals surface area contributed by atoms with Crippen LogP contribution in [0.2, 0.25) is 0 Å². The van der Waals surface area contributed by atoms with Crippen LogP contribution in [-0.2, 0) is 7.05 Å². The number of nitrogens with one attached hydrogen (secondary N) is 1. The molecule has 1 unspecified atom stereocenters. The van der Waals surface area contributed by atoms with E-state index in [0.717, 1.165) is 12.1 Å². The summed E-state index contributed by atoms with van der Waals surface area (Å²) in [6.45, 7) is 1.90. The van der Waals surface area contributed by atoms with Gasteiger partial charge in [0.2, 0.25) is 0 Å². The maximum absolute atomic E-state index is 14.2. The summed E-state index contributed by atoms with van der Waals surface area (Å²) in [5.74, 6) is -1.38. The van der Waals surface area contributed by atoms with Crippen LogP contribution in [0.3, 0.4) is 0 Å². The number of halogens is 2. The zero-order valence-corrected chi connectivity index (χ0v) is 17.4. The number of aliphatic imine (C=N–C) groups is 1. The van der Waals surface area contributed by atoms with Crippen molar-refractivity contribution in [1.29, 1.82) is 0 Å². The van der Waals surface area contributed by atoms with Gasteiger partial charge < -0.3 is 14.6 Å². The van der Waals surface area contributed by atoms with Crippen molar-refractivity contribution in [2.24, 2.45) is 12.0 Å². The van der Waals surface area contributed by atoms with Crippen molar-refractivity contribution in [3.63, 3.8) is 0 Å². The molecule has 154 valence electrons. The van der Waals surface area contributed by atoms with Gasteiger partial charge in [-0.25, -0.2) is 13.8 Å². The molecular weight excluding hydrogens is 408 g/mol. The van der Waals surface area contributed by atoms with Gasteiger partial charge in [-0.3, -0.25) is 4.79 Å². The first-order valence-electron chi connectivity index (χ1n) is 9.16. The number of ether oxygens (including phenoxy) is 1. The van der Waals surface area contributed by atoms with Gasteiger partial charge in [0.05, 0.1) is 0 Å². The summed E-state index contributed by atoms with van der Waals surface area (Å²) >= 11 is 1.48. The van der Waals surface area contributed by atoms with Crippen molar-refractivity contribution in [1.82, 2.24) is 9.88 Å². The van der Waals surface area contributed by atoms with Crippen molar-refractivity contribution in [3.8, 4) is 5.75 Å². The third-order valence-corrected chi connectivity index (χ3v) is 5.89. The molecular formula is C22H19F2N3O2S. The van der Waals surface area contributed by atoms with Gasteiger partial charge in [0.25, 0.3) is 5.56 Å². The Hall–Kier alpha value is -3.13. The number of fused-ring (bicyclic) bond motifs is 1. The molecule has 4 rings (SSSR count). The molecule has 0 bridgehead atoms. The van der Waals surface area contributed by atoms with Crippen molar-refractivity contribution >= 4 is 28.2 Å². The first-order valence-corrected chi connectivity index (χ1v) is 10.4. The lowest BCUT2D eigenvalue weighted by Crippen LogP contribution is -2.39. The van der Waals surface area contributed by atoms with Gasteiger partial charge in [0, 0.05) is 36.5 Å². The predicted molar refractivity (Wildman–Crippen MR) is 116 cm³/mol. The van der Waals surface area contributed by atoms with Crippen molar-refractivity contribution < 1.29 is 13.5 Å². The van der Waals surface area contributed by atoms with Crippen molar-refractivity contribution in [2.75, 3.05) is 6.26 Å². The molecule has 2 aromatic carbocycles. The highest BCUT2D eigenvalue weighted by atomic mass is 32.2. The van der Waals surface area contributed by atoms with Gasteiger partial charge in [-0.05, 0) is 36.8 Å². The zero-order chi connectivity index (χ0) is 21.5. The number of nitrogens with zero attached hydrogens (tertiary/aromatic N) is 2. The molecule has 1 aliphatic heterocycles. The van der Waals surface area contributed by atoms with Crippen LogP contribution in [0.4, 0.5) is 8.78 Å². The van der Waals surface area contributed by atoms with Crippen LogP contribution in [-0.4, -0.2) is 21.5 Å². The predicted octanol–water partition coefficient (Wildman–Crippen LogP) is 4.17. The summed E-state index contributed by atoms with van der Waals surface area (Å²) in [7, 11) is 1.66. The molecule has 2 heterocycles. The maximum Gasteiger partial charge on any atom is 0.258 e. The molecule has 0 aliphatic carbocycles. The highest BCUT2D eigenvalue weighted by Gasteiger charge is 2.30. The molecule has 3 aromatic rings. The molecule has 0 amide bonds. The topological polar surface area (TPSA) is 55.6 Å². The summed E-state index contributed by atoms with van der Waals surface area (Å²) in [6.07, 6.45) is 5.21. The Morgan fingerprint density at radius 3 is 2.60 bits per heavy atom. The van der Waals surface area contributed by atoms with Crippen LogP contribution in [0.25, 0.3) is 10.8 Å². The smallest absolute Gasteiger partial charge is 0.258 e. The second-order valence-corrected chi connectivity index (χ2v) is 8.18. The minimum atomic E-state index is -0.821. The fourth-order valence-electron chi connectivity index (χ4n) is 3.23. The molecule has 1 atom stereocenters. The summed E-state index contributed by atoms with van der Waals surface area (Å²) in [6, 6.07) is 10.3. The van der Waals surface area contributed by atoms with E-state index in [1.165, 1.54) is 22.4 Å². The van der Waals surface area contributed by atoms with E-state index in [-0.39, 0.29) is 17.1 Å². The minimum absolute atomic E-state index is 0.126. The van der Waals surface area contributed by atoms with Crippen molar-refractivity contribution in [2.45, 2.75) is 11.9 Å². The number of aryl methyl sites for hydroxylation is 1. The number of benzene rings is 2. The molecule has 8 heteroatoms. The monoisotopic (exact) mass is 427 g/mol. The zero-order valence-electron chi connectivity index (χ0n) is 16.6. The van der Waals surface area contributed by atoms with E-state index in [4.69, 9.17) is 9.73 Å². The first-order chi connectivity index (χ1) is 14.3. The fraction of sp³-hybridized carbons (Fsp3) is 0.182. The Kier molecular flexibility index (Phi) is 5.11. The van der Waals surface area contributed by atoms with Crippen LogP contribution < -0.4 is 15.6 Å². The molecule has 1 aliphatic rings. The van der Waals surface area contributed by atoms with Gasteiger partial charge in [0.15, 0.2) is 22.3 Å². The van der Waals surface area contributed by atoms with Crippen LogP contribution in [0, 0.1) is 11.6 Å². The number of hydrogen-bond acceptors (Lipinski definition) is 5. The van der Waals surface area contributed by atoms with E-state index in [9.17, 15) is 13.6 Å². The molecule has 5 nitrogen and oxygen atoms in total. The Balaban J connectivity index is 1.90. The molecule has 0 fully saturated rings. The Morgan fingerprint density at radius 2 is 1.90 bits per heavy atom. The van der Waals surface area contributed by atoms with E-state index in [2.05, 4.69) is 5.32 Å². The molecule has 0 saturated carbocycles. The first kappa shape index (κ1) is 20.2. The normalized spacial score (nSPS) is 18.6. The number of hydrogen-bond donors (Lipinski definition) is 1. The number of rotatable bonds is 4.